The predicted octanol–water partition coefficient (Wildman–Crippen LogP) is 6.17. The van der Waals surface area contributed by atoms with Gasteiger partial charge < -0.3 is 14.2 Å². The van der Waals surface area contributed by atoms with E-state index >= 15 is 0 Å². The Hall–Kier alpha value is -3.03. The number of ether oxygens (including phenoxy) is 3. The summed E-state index contributed by atoms with van der Waals surface area (Å²) >= 11 is 9.77. The molecule has 3 aromatic carbocycles. The molecular formula is C26H26BrClN2O4. The maximum Gasteiger partial charge on any atom is 0.244 e. The lowest BCUT2D eigenvalue weighted by Crippen LogP contribution is -2.19. The molecule has 0 unspecified atom stereocenters. The lowest BCUT2D eigenvalue weighted by molar-refractivity contribution is -0.120. The van der Waals surface area contributed by atoms with Crippen LogP contribution in [0.1, 0.15) is 30.5 Å². The van der Waals surface area contributed by atoms with Crippen LogP contribution >= 0.6 is 27.5 Å². The summed E-state index contributed by atoms with van der Waals surface area (Å²) in [6.07, 6.45) is 1.77. The van der Waals surface area contributed by atoms with E-state index in [2.05, 4.69) is 26.5 Å². The van der Waals surface area contributed by atoms with Gasteiger partial charge in [0, 0.05) is 10.6 Å². The Morgan fingerprint density at radius 2 is 1.76 bits per heavy atom. The first-order valence-corrected chi connectivity index (χ1v) is 12.0. The van der Waals surface area contributed by atoms with Gasteiger partial charge in [0.25, 0.3) is 0 Å². The minimum Gasteiger partial charge on any atom is -0.494 e. The molecule has 0 saturated heterocycles. The number of halogens is 2. The molecule has 1 amide bonds. The number of benzene rings is 3. The van der Waals surface area contributed by atoms with Crippen LogP contribution < -0.4 is 19.6 Å². The SMILES string of the molecule is CCOc1ccc(CC(=O)N/N=C/c2cc(Br)c(OCc3ccccc3Cl)c(OCC)c2)cc1. The van der Waals surface area contributed by atoms with Crippen LogP contribution in [0.2, 0.25) is 5.02 Å². The van der Waals surface area contributed by atoms with Crippen LogP contribution in [0, 0.1) is 0 Å². The highest BCUT2D eigenvalue weighted by Crippen LogP contribution is 2.37. The van der Waals surface area contributed by atoms with Crippen molar-refractivity contribution in [2.45, 2.75) is 26.9 Å². The molecule has 6 nitrogen and oxygen atoms in total. The van der Waals surface area contributed by atoms with Crippen LogP contribution in [0.4, 0.5) is 0 Å². The maximum atomic E-state index is 12.2. The summed E-state index contributed by atoms with van der Waals surface area (Å²) in [4.78, 5) is 12.2. The summed E-state index contributed by atoms with van der Waals surface area (Å²) in [6, 6.07) is 18.6. The van der Waals surface area contributed by atoms with E-state index in [1.807, 2.05) is 68.4 Å². The number of nitrogens with zero attached hydrogens (tertiary/aromatic N) is 1. The molecule has 8 heteroatoms. The van der Waals surface area contributed by atoms with E-state index in [0.717, 1.165) is 22.4 Å². The number of nitrogens with one attached hydrogen (secondary N) is 1. The highest BCUT2D eigenvalue weighted by Gasteiger charge is 2.13. The molecule has 0 aliphatic carbocycles. The molecule has 178 valence electrons. The number of rotatable bonds is 11. The molecule has 0 atom stereocenters. The molecule has 0 fully saturated rings. The summed E-state index contributed by atoms with van der Waals surface area (Å²) in [7, 11) is 0. The standard InChI is InChI=1S/C26H26BrClN2O4/c1-3-32-21-11-9-18(10-12-21)15-25(31)30-29-16-19-13-22(27)26(24(14-19)33-4-2)34-17-20-7-5-6-8-23(20)28/h5-14,16H,3-4,15,17H2,1-2H3,(H,30,31)/b29-16+. The number of hydrogen-bond donors (Lipinski definition) is 1. The first-order chi connectivity index (χ1) is 16.5. The van der Waals surface area contributed by atoms with Crippen molar-refractivity contribution >= 4 is 39.7 Å². The van der Waals surface area contributed by atoms with E-state index in [-0.39, 0.29) is 12.3 Å². The number of carbonyl (C=O) groups is 1. The second-order valence-electron chi connectivity index (χ2n) is 7.19. The van der Waals surface area contributed by atoms with Crippen molar-refractivity contribution < 1.29 is 19.0 Å². The molecule has 0 radical (unpaired) electrons. The van der Waals surface area contributed by atoms with Gasteiger partial charge in [-0.15, -0.1) is 0 Å². The molecule has 0 bridgehead atoms. The van der Waals surface area contributed by atoms with Crippen molar-refractivity contribution in [3.05, 3.63) is 86.8 Å². The Kier molecular flexibility index (Phi) is 9.79. The van der Waals surface area contributed by atoms with Crippen LogP contribution in [0.5, 0.6) is 17.2 Å². The monoisotopic (exact) mass is 544 g/mol. The Morgan fingerprint density at radius 1 is 1.03 bits per heavy atom. The first-order valence-electron chi connectivity index (χ1n) is 10.9. The van der Waals surface area contributed by atoms with E-state index in [9.17, 15) is 4.79 Å². The Bertz CT molecular complexity index is 1140. The lowest BCUT2D eigenvalue weighted by atomic mass is 10.1. The Morgan fingerprint density at radius 3 is 2.47 bits per heavy atom. The molecule has 0 aliphatic rings. The smallest absolute Gasteiger partial charge is 0.244 e. The summed E-state index contributed by atoms with van der Waals surface area (Å²) in [5, 5.41) is 4.72. The largest absolute Gasteiger partial charge is 0.494 e. The zero-order chi connectivity index (χ0) is 24.3. The van der Waals surface area contributed by atoms with Gasteiger partial charge in [-0.1, -0.05) is 41.9 Å². The van der Waals surface area contributed by atoms with Crippen LogP contribution in [0.25, 0.3) is 0 Å². The highest BCUT2D eigenvalue weighted by molar-refractivity contribution is 9.10. The zero-order valence-corrected chi connectivity index (χ0v) is 21.4. The van der Waals surface area contributed by atoms with Gasteiger partial charge in [-0.2, -0.15) is 5.10 Å². The fourth-order valence-corrected chi connectivity index (χ4v) is 3.87. The average Bonchev–Trinajstić information content (AvgIpc) is 2.81. The van der Waals surface area contributed by atoms with Gasteiger partial charge in [0.15, 0.2) is 11.5 Å². The number of amides is 1. The fourth-order valence-electron chi connectivity index (χ4n) is 3.10. The van der Waals surface area contributed by atoms with Crippen molar-refractivity contribution in [3.63, 3.8) is 0 Å². The molecule has 0 heterocycles. The van der Waals surface area contributed by atoms with Crippen molar-refractivity contribution in [1.29, 1.82) is 0 Å². The van der Waals surface area contributed by atoms with Gasteiger partial charge >= 0.3 is 0 Å². The summed E-state index contributed by atoms with van der Waals surface area (Å²) in [5.41, 5.74) is 5.04. The van der Waals surface area contributed by atoms with Crippen LogP contribution in [-0.2, 0) is 17.8 Å². The number of carbonyl (C=O) groups excluding carboxylic acids is 1. The third-order valence-corrected chi connectivity index (χ3v) is 5.62. The van der Waals surface area contributed by atoms with Crippen molar-refractivity contribution in [2.24, 2.45) is 5.10 Å². The topological polar surface area (TPSA) is 69.2 Å². The molecule has 1 N–H and O–H groups in total. The lowest BCUT2D eigenvalue weighted by Gasteiger charge is -2.15. The Balaban J connectivity index is 1.63. The highest BCUT2D eigenvalue weighted by atomic mass is 79.9. The maximum absolute atomic E-state index is 12.2. The molecule has 3 rings (SSSR count). The van der Waals surface area contributed by atoms with Gasteiger partial charge in [-0.3, -0.25) is 4.79 Å². The van der Waals surface area contributed by atoms with E-state index < -0.39 is 0 Å². The summed E-state index contributed by atoms with van der Waals surface area (Å²) < 4.78 is 17.9. The normalized spacial score (nSPS) is 10.8. The molecule has 0 aliphatic heterocycles. The summed E-state index contributed by atoms with van der Waals surface area (Å²) in [5.74, 6) is 1.69. The number of hydrogen-bond acceptors (Lipinski definition) is 5. The van der Waals surface area contributed by atoms with Gasteiger partial charge in [0.2, 0.25) is 5.91 Å². The van der Waals surface area contributed by atoms with Crippen LogP contribution in [-0.4, -0.2) is 25.3 Å². The number of hydrazone groups is 1. The molecule has 0 saturated carbocycles. The third-order valence-electron chi connectivity index (χ3n) is 4.66. The van der Waals surface area contributed by atoms with Crippen LogP contribution in [0.3, 0.4) is 0 Å². The Labute approximate surface area is 213 Å². The zero-order valence-electron chi connectivity index (χ0n) is 19.0. The summed E-state index contributed by atoms with van der Waals surface area (Å²) in [6.45, 7) is 5.19. The molecule has 3 aromatic rings. The third kappa shape index (κ3) is 7.50. The molecule has 34 heavy (non-hydrogen) atoms. The van der Waals surface area contributed by atoms with E-state index in [0.29, 0.717) is 40.8 Å². The van der Waals surface area contributed by atoms with E-state index in [1.165, 1.54) is 0 Å². The van der Waals surface area contributed by atoms with Gasteiger partial charge in [-0.25, -0.2) is 5.43 Å². The van der Waals surface area contributed by atoms with Crippen molar-refractivity contribution in [1.82, 2.24) is 5.43 Å². The first kappa shape index (κ1) is 25.6. The second kappa shape index (κ2) is 13.0. The van der Waals surface area contributed by atoms with Gasteiger partial charge in [-0.05, 0) is 71.2 Å². The van der Waals surface area contributed by atoms with E-state index in [1.54, 1.807) is 12.3 Å². The van der Waals surface area contributed by atoms with Gasteiger partial charge in [0.05, 0.1) is 30.3 Å². The molecule has 0 spiro atoms. The average molecular weight is 546 g/mol. The minimum absolute atomic E-state index is 0.215. The molecular weight excluding hydrogens is 520 g/mol. The van der Waals surface area contributed by atoms with Crippen molar-refractivity contribution in [2.75, 3.05) is 13.2 Å². The molecule has 0 aromatic heterocycles. The van der Waals surface area contributed by atoms with Gasteiger partial charge in [0.1, 0.15) is 12.4 Å². The minimum atomic E-state index is -0.218. The fraction of sp³-hybridized carbons (Fsp3) is 0.231. The quantitative estimate of drug-likeness (QED) is 0.231. The van der Waals surface area contributed by atoms with Crippen molar-refractivity contribution in [3.8, 4) is 17.2 Å². The second-order valence-corrected chi connectivity index (χ2v) is 8.45. The predicted molar refractivity (Wildman–Crippen MR) is 138 cm³/mol. The van der Waals surface area contributed by atoms with Crippen LogP contribution in [0.15, 0.2) is 70.2 Å². The van der Waals surface area contributed by atoms with E-state index in [4.69, 9.17) is 25.8 Å².